The zero-order valence-electron chi connectivity index (χ0n) is 7.42. The van der Waals surface area contributed by atoms with Crippen molar-refractivity contribution in [2.24, 2.45) is 5.84 Å². The summed E-state index contributed by atoms with van der Waals surface area (Å²) in [5.41, 5.74) is 2.07. The van der Waals surface area contributed by atoms with Gasteiger partial charge in [0, 0.05) is 11.5 Å². The monoisotopic (exact) mass is 261 g/mol. The molecule has 1 aromatic rings. The number of hydrazine groups is 1. The van der Waals surface area contributed by atoms with Crippen LogP contribution in [0.25, 0.3) is 0 Å². The normalized spacial score (nSPS) is 9.71. The number of hydrogen-bond donors (Lipinski definition) is 2. The zero-order valence-corrected chi connectivity index (χ0v) is 9.01. The van der Waals surface area contributed by atoms with Crippen LogP contribution in [-0.4, -0.2) is 13.1 Å². The van der Waals surface area contributed by atoms with Crippen molar-refractivity contribution in [2.75, 3.05) is 11.9 Å². The van der Waals surface area contributed by atoms with Crippen LogP contribution in [-0.2, 0) is 0 Å². The van der Waals surface area contributed by atoms with Crippen LogP contribution < -0.4 is 16.2 Å². The van der Waals surface area contributed by atoms with Gasteiger partial charge in [-0.25, -0.2) is 15.0 Å². The predicted octanol–water partition coefficient (Wildman–Crippen LogP) is 1.61. The topological polar surface area (TPSA) is 58.4 Å². The van der Waals surface area contributed by atoms with Crippen molar-refractivity contribution in [3.05, 3.63) is 28.5 Å². The minimum Gasteiger partial charge on any atom is -0.293 e. The number of rotatable bonds is 1. The number of nitrogens with two attached hydrogens (primary N) is 1. The van der Waals surface area contributed by atoms with Gasteiger partial charge in [0.25, 0.3) is 0 Å². The molecule has 2 amide bonds. The molecule has 0 saturated heterocycles. The molecule has 0 atom stereocenters. The first-order valence-electron chi connectivity index (χ1n) is 3.75. The van der Waals surface area contributed by atoms with Gasteiger partial charge >= 0.3 is 6.03 Å². The number of hydrogen-bond acceptors (Lipinski definition) is 2. The third-order valence-corrected chi connectivity index (χ3v) is 2.19. The lowest BCUT2D eigenvalue weighted by molar-refractivity contribution is 0.247. The zero-order chi connectivity index (χ0) is 10.7. The van der Waals surface area contributed by atoms with E-state index in [4.69, 9.17) is 5.84 Å². The fourth-order valence-corrected chi connectivity index (χ4v) is 1.30. The van der Waals surface area contributed by atoms with Gasteiger partial charge in [0.1, 0.15) is 5.82 Å². The van der Waals surface area contributed by atoms with Gasteiger partial charge in [-0.05, 0) is 18.2 Å². The Morgan fingerprint density at radius 3 is 2.86 bits per heavy atom. The molecule has 6 heteroatoms. The molecule has 0 aliphatic rings. The molecular weight excluding hydrogens is 253 g/mol. The van der Waals surface area contributed by atoms with E-state index in [1.807, 2.05) is 5.43 Å². The van der Waals surface area contributed by atoms with Crippen molar-refractivity contribution in [1.29, 1.82) is 0 Å². The highest BCUT2D eigenvalue weighted by Gasteiger charge is 2.13. The van der Waals surface area contributed by atoms with E-state index in [9.17, 15) is 9.18 Å². The number of carbonyl (C=O) groups is 1. The number of benzene rings is 1. The SMILES string of the molecule is CN(C(=O)NN)c1cc(Br)ccc1F. The average molecular weight is 262 g/mol. The largest absolute Gasteiger partial charge is 0.335 e. The van der Waals surface area contributed by atoms with Crippen LogP contribution in [0.3, 0.4) is 0 Å². The summed E-state index contributed by atoms with van der Waals surface area (Å²) in [4.78, 5) is 12.2. The first-order valence-corrected chi connectivity index (χ1v) is 4.55. The summed E-state index contributed by atoms with van der Waals surface area (Å²) in [5.74, 6) is 4.44. The summed E-state index contributed by atoms with van der Waals surface area (Å²) in [7, 11) is 1.42. The van der Waals surface area contributed by atoms with Crippen LogP contribution >= 0.6 is 15.9 Å². The van der Waals surface area contributed by atoms with Crippen molar-refractivity contribution >= 4 is 27.6 Å². The van der Waals surface area contributed by atoms with E-state index in [1.165, 1.54) is 19.2 Å². The fraction of sp³-hybridized carbons (Fsp3) is 0.125. The van der Waals surface area contributed by atoms with E-state index in [2.05, 4.69) is 15.9 Å². The van der Waals surface area contributed by atoms with Crippen molar-refractivity contribution in [3.63, 3.8) is 0 Å². The van der Waals surface area contributed by atoms with Crippen LogP contribution in [0.4, 0.5) is 14.9 Å². The van der Waals surface area contributed by atoms with Crippen molar-refractivity contribution < 1.29 is 9.18 Å². The number of amides is 2. The Kier molecular flexibility index (Phi) is 3.43. The van der Waals surface area contributed by atoms with Gasteiger partial charge in [0.2, 0.25) is 0 Å². The average Bonchev–Trinajstić information content (AvgIpc) is 2.19. The molecule has 0 unspecified atom stereocenters. The molecule has 0 fully saturated rings. The predicted molar refractivity (Wildman–Crippen MR) is 55.2 cm³/mol. The Morgan fingerprint density at radius 1 is 1.64 bits per heavy atom. The molecule has 0 aliphatic carbocycles. The van der Waals surface area contributed by atoms with E-state index in [-0.39, 0.29) is 5.69 Å². The lowest BCUT2D eigenvalue weighted by Gasteiger charge is -2.17. The Bertz CT molecular complexity index is 358. The fourth-order valence-electron chi connectivity index (χ4n) is 0.949. The van der Waals surface area contributed by atoms with E-state index in [0.29, 0.717) is 4.47 Å². The van der Waals surface area contributed by atoms with Crippen LogP contribution in [0.15, 0.2) is 22.7 Å². The number of halogens is 2. The van der Waals surface area contributed by atoms with Gasteiger partial charge in [-0.1, -0.05) is 15.9 Å². The lowest BCUT2D eigenvalue weighted by atomic mass is 10.3. The maximum absolute atomic E-state index is 13.2. The highest BCUT2D eigenvalue weighted by Crippen LogP contribution is 2.22. The number of urea groups is 1. The molecule has 0 saturated carbocycles. The summed E-state index contributed by atoms with van der Waals surface area (Å²) in [5, 5.41) is 0. The smallest absolute Gasteiger partial charge is 0.293 e. The summed E-state index contributed by atoms with van der Waals surface area (Å²) in [6, 6.07) is 3.72. The molecule has 1 aromatic carbocycles. The second-order valence-electron chi connectivity index (χ2n) is 2.60. The quantitative estimate of drug-likeness (QED) is 0.459. The molecular formula is C8H9BrFN3O. The van der Waals surface area contributed by atoms with Gasteiger partial charge < -0.3 is 0 Å². The van der Waals surface area contributed by atoms with E-state index < -0.39 is 11.8 Å². The molecule has 3 N–H and O–H groups in total. The van der Waals surface area contributed by atoms with Crippen LogP contribution in [0.2, 0.25) is 0 Å². The highest BCUT2D eigenvalue weighted by molar-refractivity contribution is 9.10. The van der Waals surface area contributed by atoms with Gasteiger partial charge in [0.05, 0.1) is 5.69 Å². The minimum absolute atomic E-state index is 0.155. The van der Waals surface area contributed by atoms with Crippen LogP contribution in [0.1, 0.15) is 0 Å². The molecule has 0 radical (unpaired) electrons. The Labute approximate surface area is 89.0 Å². The van der Waals surface area contributed by atoms with Crippen molar-refractivity contribution in [2.45, 2.75) is 0 Å². The van der Waals surface area contributed by atoms with Gasteiger partial charge in [-0.3, -0.25) is 10.3 Å². The second-order valence-corrected chi connectivity index (χ2v) is 3.52. The molecule has 14 heavy (non-hydrogen) atoms. The minimum atomic E-state index is -0.581. The summed E-state index contributed by atoms with van der Waals surface area (Å²) in [6.45, 7) is 0. The Balaban J connectivity index is 3.05. The molecule has 0 heterocycles. The molecule has 1 rings (SSSR count). The van der Waals surface area contributed by atoms with Gasteiger partial charge in [-0.2, -0.15) is 0 Å². The van der Waals surface area contributed by atoms with E-state index >= 15 is 0 Å². The summed E-state index contributed by atoms with van der Waals surface area (Å²) < 4.78 is 13.9. The third kappa shape index (κ3) is 2.21. The van der Waals surface area contributed by atoms with Crippen molar-refractivity contribution in [3.8, 4) is 0 Å². The number of nitrogens with zero attached hydrogens (tertiary/aromatic N) is 1. The maximum atomic E-state index is 13.2. The van der Waals surface area contributed by atoms with Gasteiger partial charge in [-0.15, -0.1) is 0 Å². The lowest BCUT2D eigenvalue weighted by Crippen LogP contribution is -2.41. The Hall–Kier alpha value is -1.14. The van der Waals surface area contributed by atoms with Crippen LogP contribution in [0.5, 0.6) is 0 Å². The Morgan fingerprint density at radius 2 is 2.29 bits per heavy atom. The van der Waals surface area contributed by atoms with E-state index in [1.54, 1.807) is 6.07 Å². The maximum Gasteiger partial charge on any atom is 0.335 e. The van der Waals surface area contributed by atoms with E-state index in [0.717, 1.165) is 4.90 Å². The molecule has 4 nitrogen and oxygen atoms in total. The third-order valence-electron chi connectivity index (χ3n) is 1.70. The molecule has 76 valence electrons. The first kappa shape index (κ1) is 10.9. The second kappa shape index (κ2) is 4.39. The standard InChI is InChI=1S/C8H9BrFN3O/c1-13(8(14)12-11)7-4-5(9)2-3-6(7)10/h2-4H,11H2,1H3,(H,12,14). The number of nitrogens with one attached hydrogen (secondary N) is 1. The first-order chi connectivity index (χ1) is 6.56. The number of carbonyl (C=O) groups excluding carboxylic acids is 1. The molecule has 0 spiro atoms. The van der Waals surface area contributed by atoms with Crippen LogP contribution in [0, 0.1) is 5.82 Å². The molecule has 0 aromatic heterocycles. The summed E-state index contributed by atoms with van der Waals surface area (Å²) in [6.07, 6.45) is 0. The summed E-state index contributed by atoms with van der Waals surface area (Å²) >= 11 is 3.18. The van der Waals surface area contributed by atoms with Crippen molar-refractivity contribution in [1.82, 2.24) is 5.43 Å². The van der Waals surface area contributed by atoms with Gasteiger partial charge in [0.15, 0.2) is 0 Å². The molecule has 0 bridgehead atoms. The highest BCUT2D eigenvalue weighted by atomic mass is 79.9. The molecule has 0 aliphatic heterocycles. The number of anilines is 1.